The zero-order chi connectivity index (χ0) is 17.0. The average molecular weight is 398 g/mol. The van der Waals surface area contributed by atoms with E-state index in [2.05, 4.69) is 0 Å². The van der Waals surface area contributed by atoms with Crippen LogP contribution in [0.4, 0.5) is 0 Å². The highest BCUT2D eigenvalue weighted by Gasteiger charge is 2.50. The third kappa shape index (κ3) is 3.02. The predicted molar refractivity (Wildman–Crippen MR) is 90.2 cm³/mol. The van der Waals surface area contributed by atoms with E-state index in [1.54, 1.807) is 6.07 Å². The lowest BCUT2D eigenvalue weighted by Crippen LogP contribution is -2.49. The molecule has 2 unspecified atom stereocenters. The van der Waals surface area contributed by atoms with Gasteiger partial charge in [0.15, 0.2) is 0 Å². The zero-order valence-electron chi connectivity index (χ0n) is 12.4. The van der Waals surface area contributed by atoms with Gasteiger partial charge in [-0.1, -0.05) is 29.3 Å². The molecule has 2 heterocycles. The number of piperidine rings is 1. The summed E-state index contributed by atoms with van der Waals surface area (Å²) in [5.41, 5.74) is 0. The molecule has 128 valence electrons. The van der Waals surface area contributed by atoms with Crippen molar-refractivity contribution in [2.45, 2.75) is 47.9 Å². The molecule has 0 aliphatic carbocycles. The van der Waals surface area contributed by atoms with Crippen LogP contribution < -0.4 is 0 Å². The highest BCUT2D eigenvalue weighted by molar-refractivity contribution is 7.91. The van der Waals surface area contributed by atoms with Gasteiger partial charge < -0.3 is 0 Å². The Labute approximate surface area is 146 Å². The van der Waals surface area contributed by atoms with Crippen molar-refractivity contribution >= 4 is 43.1 Å². The van der Waals surface area contributed by atoms with Crippen molar-refractivity contribution in [2.24, 2.45) is 0 Å². The summed E-state index contributed by atoms with van der Waals surface area (Å²) in [6.45, 7) is 0. The van der Waals surface area contributed by atoms with Crippen LogP contribution >= 0.6 is 23.2 Å². The third-order valence-electron chi connectivity index (χ3n) is 4.68. The van der Waals surface area contributed by atoms with Crippen molar-refractivity contribution in [2.75, 3.05) is 6.26 Å². The first kappa shape index (κ1) is 17.5. The van der Waals surface area contributed by atoms with Gasteiger partial charge in [0.05, 0.1) is 15.3 Å². The van der Waals surface area contributed by atoms with Gasteiger partial charge >= 0.3 is 0 Å². The molecule has 1 aromatic rings. The van der Waals surface area contributed by atoms with Gasteiger partial charge in [-0.3, -0.25) is 0 Å². The summed E-state index contributed by atoms with van der Waals surface area (Å²) < 4.78 is 51.2. The van der Waals surface area contributed by atoms with E-state index < -0.39 is 25.1 Å². The van der Waals surface area contributed by atoms with E-state index >= 15 is 0 Å². The molecular formula is C14H17Cl2NO4S2. The summed E-state index contributed by atoms with van der Waals surface area (Å²) in [6.07, 6.45) is 3.20. The highest BCUT2D eigenvalue weighted by Crippen LogP contribution is 2.43. The molecule has 2 aliphatic heterocycles. The fourth-order valence-corrected chi connectivity index (χ4v) is 7.79. The Morgan fingerprint density at radius 1 is 1.00 bits per heavy atom. The first-order valence-electron chi connectivity index (χ1n) is 7.29. The molecule has 0 saturated carbocycles. The van der Waals surface area contributed by atoms with Gasteiger partial charge in [-0.25, -0.2) is 16.8 Å². The molecule has 0 N–H and O–H groups in total. The first-order valence-corrected chi connectivity index (χ1v) is 11.4. The third-order valence-corrected chi connectivity index (χ3v) is 9.24. The van der Waals surface area contributed by atoms with E-state index in [4.69, 9.17) is 23.2 Å². The number of hydrogen-bond acceptors (Lipinski definition) is 4. The maximum Gasteiger partial charge on any atom is 0.246 e. The smallest absolute Gasteiger partial charge is 0.229 e. The zero-order valence-corrected chi connectivity index (χ0v) is 15.6. The number of rotatable bonds is 3. The molecular weight excluding hydrogens is 381 g/mol. The van der Waals surface area contributed by atoms with Crippen molar-refractivity contribution in [3.63, 3.8) is 0 Å². The molecule has 3 rings (SSSR count). The lowest BCUT2D eigenvalue weighted by Gasteiger charge is -2.37. The molecule has 2 saturated heterocycles. The number of halogens is 2. The maximum absolute atomic E-state index is 13.1. The van der Waals surface area contributed by atoms with Gasteiger partial charge in [0.2, 0.25) is 10.0 Å². The Bertz CT molecular complexity index is 804. The van der Waals surface area contributed by atoms with E-state index in [0.717, 1.165) is 0 Å². The van der Waals surface area contributed by atoms with Crippen molar-refractivity contribution < 1.29 is 16.8 Å². The van der Waals surface area contributed by atoms with E-state index in [0.29, 0.717) is 25.7 Å². The standard InChI is InChI=1S/C14H17Cl2NO4S2/c1-22(18,19)11-7-9-5-6-10(8-11)17(9)23(20,21)14-12(15)3-2-4-13(14)16/h2-4,9-11H,5-8H2,1H3. The minimum absolute atomic E-state index is 0.0851. The monoisotopic (exact) mass is 397 g/mol. The number of hydrogen-bond donors (Lipinski definition) is 0. The lowest BCUT2D eigenvalue weighted by atomic mass is 10.1. The van der Waals surface area contributed by atoms with Crippen LogP contribution in [0.1, 0.15) is 25.7 Å². The Hall–Kier alpha value is -0.340. The predicted octanol–water partition coefficient (Wildman–Crippen LogP) is 2.72. The average Bonchev–Trinajstić information content (AvgIpc) is 2.69. The quantitative estimate of drug-likeness (QED) is 0.785. The molecule has 2 fully saturated rings. The van der Waals surface area contributed by atoms with Gasteiger partial charge in [-0.15, -0.1) is 0 Å². The van der Waals surface area contributed by atoms with Gasteiger partial charge in [0, 0.05) is 18.3 Å². The lowest BCUT2D eigenvalue weighted by molar-refractivity contribution is 0.249. The molecule has 2 aliphatic rings. The van der Waals surface area contributed by atoms with E-state index in [1.807, 2.05) is 0 Å². The molecule has 23 heavy (non-hydrogen) atoms. The number of fused-ring (bicyclic) bond motifs is 2. The topological polar surface area (TPSA) is 71.5 Å². The normalized spacial score (nSPS) is 28.9. The molecule has 9 heteroatoms. The molecule has 0 aromatic heterocycles. The van der Waals surface area contributed by atoms with Crippen LogP contribution in [0.2, 0.25) is 10.0 Å². The van der Waals surface area contributed by atoms with Gasteiger partial charge in [-0.05, 0) is 37.8 Å². The van der Waals surface area contributed by atoms with Crippen LogP contribution in [0.5, 0.6) is 0 Å². The highest BCUT2D eigenvalue weighted by atomic mass is 35.5. The van der Waals surface area contributed by atoms with E-state index in [-0.39, 0.29) is 27.0 Å². The molecule has 2 bridgehead atoms. The van der Waals surface area contributed by atoms with Crippen LogP contribution in [-0.2, 0) is 19.9 Å². The fourth-order valence-electron chi connectivity index (χ4n) is 3.66. The minimum atomic E-state index is -3.85. The van der Waals surface area contributed by atoms with Gasteiger partial charge in [0.1, 0.15) is 14.7 Å². The van der Waals surface area contributed by atoms with E-state index in [1.165, 1.54) is 22.7 Å². The maximum atomic E-state index is 13.1. The summed E-state index contributed by atoms with van der Waals surface area (Å²) in [7, 11) is -7.03. The molecule has 1 aromatic carbocycles. The number of sulfonamides is 1. The Morgan fingerprint density at radius 3 is 1.91 bits per heavy atom. The number of nitrogens with zero attached hydrogens (tertiary/aromatic N) is 1. The summed E-state index contributed by atoms with van der Waals surface area (Å²) in [4.78, 5) is -0.0851. The van der Waals surface area contributed by atoms with Crippen LogP contribution in [-0.4, -0.2) is 44.7 Å². The minimum Gasteiger partial charge on any atom is -0.229 e. The van der Waals surface area contributed by atoms with Gasteiger partial charge in [-0.2, -0.15) is 4.31 Å². The second kappa shape index (κ2) is 5.88. The van der Waals surface area contributed by atoms with Crippen molar-refractivity contribution in [3.8, 4) is 0 Å². The van der Waals surface area contributed by atoms with Crippen LogP contribution in [0.15, 0.2) is 23.1 Å². The molecule has 2 atom stereocenters. The Balaban J connectivity index is 2.00. The molecule has 0 spiro atoms. The molecule has 5 nitrogen and oxygen atoms in total. The largest absolute Gasteiger partial charge is 0.246 e. The van der Waals surface area contributed by atoms with Crippen molar-refractivity contribution in [1.29, 1.82) is 0 Å². The first-order chi connectivity index (χ1) is 10.6. The summed E-state index contributed by atoms with van der Waals surface area (Å²) >= 11 is 12.1. The molecule has 0 radical (unpaired) electrons. The second-order valence-corrected chi connectivity index (χ2v) is 11.1. The van der Waals surface area contributed by atoms with Crippen LogP contribution in [0.3, 0.4) is 0 Å². The summed E-state index contributed by atoms with van der Waals surface area (Å²) in [6, 6.07) is 3.95. The summed E-state index contributed by atoms with van der Waals surface area (Å²) in [5.74, 6) is 0. The van der Waals surface area contributed by atoms with Gasteiger partial charge in [0.25, 0.3) is 0 Å². The fraction of sp³-hybridized carbons (Fsp3) is 0.571. The second-order valence-electron chi connectivity index (χ2n) is 6.19. The van der Waals surface area contributed by atoms with E-state index in [9.17, 15) is 16.8 Å². The SMILES string of the molecule is CS(=O)(=O)C1CC2CCC(C1)N2S(=O)(=O)c1c(Cl)cccc1Cl. The van der Waals surface area contributed by atoms with Crippen molar-refractivity contribution in [3.05, 3.63) is 28.2 Å². The Morgan fingerprint density at radius 2 is 1.48 bits per heavy atom. The number of sulfone groups is 1. The van der Waals surface area contributed by atoms with Crippen LogP contribution in [0, 0.1) is 0 Å². The number of benzene rings is 1. The van der Waals surface area contributed by atoms with Crippen molar-refractivity contribution in [1.82, 2.24) is 4.31 Å². The Kier molecular flexibility index (Phi) is 4.47. The summed E-state index contributed by atoms with van der Waals surface area (Å²) in [5, 5.41) is -0.308. The van der Waals surface area contributed by atoms with Crippen LogP contribution in [0.25, 0.3) is 0 Å². The molecule has 0 amide bonds.